The third-order valence-corrected chi connectivity index (χ3v) is 2.46. The average Bonchev–Trinajstić information content (AvgIpc) is 2.85. The fourth-order valence-electron chi connectivity index (χ4n) is 1.53. The van der Waals surface area contributed by atoms with E-state index in [2.05, 4.69) is 10.1 Å². The van der Waals surface area contributed by atoms with E-state index < -0.39 is 0 Å². The summed E-state index contributed by atoms with van der Waals surface area (Å²) in [6.07, 6.45) is 3.53. The molecular formula is C13H16N4O. The van der Waals surface area contributed by atoms with E-state index in [1.54, 1.807) is 18.0 Å². The Morgan fingerprint density at radius 3 is 2.89 bits per heavy atom. The zero-order chi connectivity index (χ0) is 12.8. The maximum absolute atomic E-state index is 5.92. The van der Waals surface area contributed by atoms with Gasteiger partial charge in [-0.05, 0) is 0 Å². The molecule has 1 aromatic carbocycles. The molecular weight excluding hydrogens is 228 g/mol. The van der Waals surface area contributed by atoms with Crippen LogP contribution in [0.15, 0.2) is 47.7 Å². The number of methoxy groups -OCH3 is 1. The first kappa shape index (κ1) is 12.3. The van der Waals surface area contributed by atoms with Crippen LogP contribution in [0.5, 0.6) is 0 Å². The molecule has 2 rings (SSSR count). The van der Waals surface area contributed by atoms with Crippen LogP contribution in [0.3, 0.4) is 0 Å². The number of rotatable bonds is 5. The van der Waals surface area contributed by atoms with Gasteiger partial charge in [0.25, 0.3) is 0 Å². The lowest BCUT2D eigenvalue weighted by molar-refractivity contribution is 0.183. The molecule has 0 aliphatic rings. The van der Waals surface area contributed by atoms with Crippen LogP contribution in [0.25, 0.3) is 0 Å². The minimum atomic E-state index is 0.488. The molecule has 5 nitrogen and oxygen atoms in total. The van der Waals surface area contributed by atoms with Crippen molar-refractivity contribution in [2.75, 3.05) is 13.7 Å². The number of nitrogens with two attached hydrogens (primary N) is 1. The summed E-state index contributed by atoms with van der Waals surface area (Å²) in [6, 6.07) is 9.65. The van der Waals surface area contributed by atoms with Crippen LogP contribution in [0.4, 0.5) is 5.69 Å². The predicted molar refractivity (Wildman–Crippen MR) is 70.9 cm³/mol. The lowest BCUT2D eigenvalue weighted by Crippen LogP contribution is -2.12. The van der Waals surface area contributed by atoms with Crippen molar-refractivity contribution in [2.24, 2.45) is 10.7 Å². The van der Waals surface area contributed by atoms with Gasteiger partial charge in [0.05, 0.1) is 25.5 Å². The van der Waals surface area contributed by atoms with Gasteiger partial charge in [0.2, 0.25) is 0 Å². The summed E-state index contributed by atoms with van der Waals surface area (Å²) in [5, 5.41) is 4.17. The van der Waals surface area contributed by atoms with Crippen molar-refractivity contribution in [3.05, 3.63) is 48.3 Å². The van der Waals surface area contributed by atoms with Gasteiger partial charge in [-0.1, -0.05) is 30.3 Å². The molecule has 0 radical (unpaired) electrons. The second-order valence-corrected chi connectivity index (χ2v) is 3.82. The highest BCUT2D eigenvalue weighted by Gasteiger charge is 2.00. The van der Waals surface area contributed by atoms with E-state index in [1.165, 1.54) is 0 Å². The largest absolute Gasteiger partial charge is 0.383 e. The lowest BCUT2D eigenvalue weighted by atomic mass is 10.2. The van der Waals surface area contributed by atoms with E-state index in [0.29, 0.717) is 19.0 Å². The second-order valence-electron chi connectivity index (χ2n) is 3.82. The Hall–Kier alpha value is -2.14. The first-order valence-corrected chi connectivity index (χ1v) is 5.70. The van der Waals surface area contributed by atoms with Crippen LogP contribution in [-0.4, -0.2) is 29.3 Å². The lowest BCUT2D eigenvalue weighted by Gasteiger charge is -1.99. The zero-order valence-electron chi connectivity index (χ0n) is 10.3. The van der Waals surface area contributed by atoms with Gasteiger partial charge in [-0.15, -0.1) is 0 Å². The minimum absolute atomic E-state index is 0.488. The van der Waals surface area contributed by atoms with Crippen molar-refractivity contribution in [1.82, 2.24) is 9.78 Å². The Bertz CT molecular complexity index is 519. The summed E-state index contributed by atoms with van der Waals surface area (Å²) in [4.78, 5) is 4.33. The normalized spacial score (nSPS) is 11.7. The molecule has 0 unspecified atom stereocenters. The van der Waals surface area contributed by atoms with E-state index in [9.17, 15) is 0 Å². The van der Waals surface area contributed by atoms with E-state index in [-0.39, 0.29) is 0 Å². The van der Waals surface area contributed by atoms with Crippen LogP contribution in [0.1, 0.15) is 5.56 Å². The summed E-state index contributed by atoms with van der Waals surface area (Å²) in [6.45, 7) is 1.33. The summed E-state index contributed by atoms with van der Waals surface area (Å²) < 4.78 is 6.76. The molecule has 1 aromatic heterocycles. The van der Waals surface area contributed by atoms with Crippen LogP contribution in [0, 0.1) is 0 Å². The summed E-state index contributed by atoms with van der Waals surface area (Å²) in [5.74, 6) is 0.488. The van der Waals surface area contributed by atoms with Gasteiger partial charge in [-0.2, -0.15) is 5.10 Å². The molecule has 94 valence electrons. The number of ether oxygens (including phenoxy) is 1. The Balaban J connectivity index is 2.10. The molecule has 0 bridgehead atoms. The predicted octanol–water partition coefficient (Wildman–Crippen LogP) is 1.57. The van der Waals surface area contributed by atoms with Gasteiger partial charge in [0.1, 0.15) is 11.5 Å². The van der Waals surface area contributed by atoms with E-state index >= 15 is 0 Å². The highest BCUT2D eigenvalue weighted by molar-refractivity contribution is 5.98. The molecule has 0 saturated carbocycles. The third kappa shape index (κ3) is 3.18. The SMILES string of the molecule is COCCn1cc(N=C(N)c2ccccc2)cn1. The minimum Gasteiger partial charge on any atom is -0.383 e. The van der Waals surface area contributed by atoms with Crippen LogP contribution in [-0.2, 0) is 11.3 Å². The van der Waals surface area contributed by atoms with Gasteiger partial charge in [-0.25, -0.2) is 4.99 Å². The zero-order valence-corrected chi connectivity index (χ0v) is 10.3. The standard InChI is InChI=1S/C13H16N4O/c1-18-8-7-17-10-12(9-15-17)16-13(14)11-5-3-2-4-6-11/h2-6,9-10H,7-8H2,1H3,(H2,14,16). The summed E-state index contributed by atoms with van der Waals surface area (Å²) in [7, 11) is 1.66. The number of aromatic nitrogens is 2. The maximum Gasteiger partial charge on any atom is 0.131 e. The first-order valence-electron chi connectivity index (χ1n) is 5.70. The Labute approximate surface area is 106 Å². The quantitative estimate of drug-likeness (QED) is 0.641. The van der Waals surface area contributed by atoms with E-state index in [1.807, 2.05) is 36.5 Å². The van der Waals surface area contributed by atoms with Crippen LogP contribution in [0.2, 0.25) is 0 Å². The average molecular weight is 244 g/mol. The molecule has 0 aliphatic carbocycles. The molecule has 5 heteroatoms. The highest BCUT2D eigenvalue weighted by Crippen LogP contribution is 2.11. The molecule has 1 heterocycles. The Morgan fingerprint density at radius 1 is 1.39 bits per heavy atom. The topological polar surface area (TPSA) is 65.4 Å². The molecule has 0 aliphatic heterocycles. The molecule has 2 N–H and O–H groups in total. The van der Waals surface area contributed by atoms with Crippen molar-refractivity contribution in [3.8, 4) is 0 Å². The Morgan fingerprint density at radius 2 is 2.17 bits per heavy atom. The Kier molecular flexibility index (Phi) is 4.09. The van der Waals surface area contributed by atoms with E-state index in [4.69, 9.17) is 10.5 Å². The number of hydrogen-bond acceptors (Lipinski definition) is 3. The number of aliphatic imine (C=N–C) groups is 1. The molecule has 18 heavy (non-hydrogen) atoms. The van der Waals surface area contributed by atoms with E-state index in [0.717, 1.165) is 11.3 Å². The van der Waals surface area contributed by atoms with Crippen molar-refractivity contribution < 1.29 is 4.74 Å². The second kappa shape index (κ2) is 5.97. The van der Waals surface area contributed by atoms with Crippen molar-refractivity contribution >= 4 is 11.5 Å². The maximum atomic E-state index is 5.92. The van der Waals surface area contributed by atoms with Gasteiger partial charge < -0.3 is 10.5 Å². The molecule has 0 atom stereocenters. The molecule has 0 amide bonds. The number of hydrogen-bond donors (Lipinski definition) is 1. The molecule has 0 spiro atoms. The third-order valence-electron chi connectivity index (χ3n) is 2.46. The van der Waals surface area contributed by atoms with Gasteiger partial charge >= 0.3 is 0 Å². The van der Waals surface area contributed by atoms with Gasteiger partial charge in [-0.3, -0.25) is 4.68 Å². The van der Waals surface area contributed by atoms with Gasteiger partial charge in [0, 0.05) is 12.7 Å². The first-order chi connectivity index (χ1) is 8.79. The highest BCUT2D eigenvalue weighted by atomic mass is 16.5. The summed E-state index contributed by atoms with van der Waals surface area (Å²) >= 11 is 0. The van der Waals surface area contributed by atoms with Crippen molar-refractivity contribution in [2.45, 2.75) is 6.54 Å². The van der Waals surface area contributed by atoms with Crippen molar-refractivity contribution in [3.63, 3.8) is 0 Å². The fourth-order valence-corrected chi connectivity index (χ4v) is 1.53. The summed E-state index contributed by atoms with van der Waals surface area (Å²) in [5.41, 5.74) is 7.57. The molecule has 2 aromatic rings. The van der Waals surface area contributed by atoms with Crippen LogP contribution < -0.4 is 5.73 Å². The molecule has 0 fully saturated rings. The number of benzene rings is 1. The van der Waals surface area contributed by atoms with Crippen molar-refractivity contribution in [1.29, 1.82) is 0 Å². The van der Waals surface area contributed by atoms with Crippen LogP contribution >= 0.6 is 0 Å². The molecule has 0 saturated heterocycles. The number of nitrogens with zero attached hydrogens (tertiary/aromatic N) is 3. The fraction of sp³-hybridized carbons (Fsp3) is 0.231. The number of amidine groups is 1. The van der Waals surface area contributed by atoms with Gasteiger partial charge in [0.15, 0.2) is 0 Å². The monoisotopic (exact) mass is 244 g/mol. The smallest absolute Gasteiger partial charge is 0.131 e.